The van der Waals surface area contributed by atoms with E-state index in [4.69, 9.17) is 30.5 Å². The van der Waals surface area contributed by atoms with E-state index in [-0.39, 0.29) is 16.3 Å². The smallest absolute Gasteiger partial charge is 0.143 e. The normalized spacial score (nSPS) is 19.8. The van der Waals surface area contributed by atoms with E-state index < -0.39 is 287 Å². The first-order valence-corrected chi connectivity index (χ1v) is 16.1. The molecule has 0 radical (unpaired) electrons. The van der Waals surface area contributed by atoms with Crippen LogP contribution in [0.15, 0.2) is 186 Å². The van der Waals surface area contributed by atoms with Crippen molar-refractivity contribution in [3.8, 4) is 11.1 Å². The minimum absolute atomic E-state index is 0.337. The first kappa shape index (κ1) is 12.8. The number of furan rings is 1. The van der Waals surface area contributed by atoms with Crippen LogP contribution < -0.4 is 0 Å². The summed E-state index contributed by atoms with van der Waals surface area (Å²) >= 11 is 0. The molecule has 0 aliphatic rings. The summed E-state index contributed by atoms with van der Waals surface area (Å²) in [6.45, 7) is 0. The summed E-state index contributed by atoms with van der Waals surface area (Å²) in [4.78, 5) is 0. The van der Waals surface area contributed by atoms with Gasteiger partial charge in [0.1, 0.15) is 11.2 Å². The Morgan fingerprint density at radius 3 is 1.70 bits per heavy atom. The summed E-state index contributed by atoms with van der Waals surface area (Å²) in [5.41, 5.74) is -4.23. The highest BCUT2D eigenvalue weighted by Crippen LogP contribution is 2.42. The quantitative estimate of drug-likeness (QED) is 0.128. The van der Waals surface area contributed by atoms with E-state index in [1.165, 1.54) is 0 Å². The van der Waals surface area contributed by atoms with Gasteiger partial charge in [0.25, 0.3) is 0 Å². The predicted octanol–water partition coefficient (Wildman–Crippen LogP) is 14.2. The van der Waals surface area contributed by atoms with Crippen molar-refractivity contribution in [3.63, 3.8) is 0 Å². The lowest BCUT2D eigenvalue weighted by atomic mass is 9.85. The molecule has 0 atom stereocenters. The second-order valence-electron chi connectivity index (χ2n) is 12.0. The first-order chi connectivity index (χ1) is 38.8. The van der Waals surface area contributed by atoms with Crippen LogP contribution in [0.4, 0.5) is 0 Å². The molecule has 0 spiro atoms. The molecule has 0 bridgehead atoms. The van der Waals surface area contributed by atoms with Gasteiger partial charge in [-0.05, 0) is 107 Å². The third-order valence-corrected chi connectivity index (χ3v) is 9.05. The largest absolute Gasteiger partial charge is 0.455 e. The third kappa shape index (κ3) is 4.85. The van der Waals surface area contributed by atoms with Gasteiger partial charge >= 0.3 is 0 Å². The molecule has 1 aromatic heterocycles. The summed E-state index contributed by atoms with van der Waals surface area (Å²) in [5.74, 6) is 0. The second-order valence-corrected chi connectivity index (χ2v) is 12.0. The Balaban J connectivity index is 1.25. The van der Waals surface area contributed by atoms with Gasteiger partial charge in [-0.3, -0.25) is 0 Å². The molecule has 0 saturated heterocycles. The Hall–Kier alpha value is -6.70. The minimum atomic E-state index is -0.989. The number of hydrogen-bond acceptors (Lipinski definition) is 1. The summed E-state index contributed by atoms with van der Waals surface area (Å²) in [5, 5.41) is -5.74. The van der Waals surface area contributed by atoms with Crippen LogP contribution in [0.1, 0.15) is 63.4 Å². The highest BCUT2D eigenvalue weighted by atomic mass is 16.3. The molecular weight excluding hydrogens is 641 g/mol. The number of fused-ring (bicyclic) bond motifs is 10. The maximum atomic E-state index is 9.62. The standard InChI is InChI=1S/C52H34O/c1-3-13-40-35(10-1)26-27-37-23-22-34(31-47(37)40)30-33-20-24-38(25-21-33)50-44-17-7-5-15-42(44)48(43-16-6-8-18-45(43)50)32-39-12-9-19-49-51(39)46-29-28-36-11-2-4-14-41(36)52(46)53-49/h1-29,31H,30,32H2/i1D,2D,3D,4D,5D,6D,7D,8D,9D,10D,11D,12D,13D,14D,15D,16D,17D,18D,19D,20D,21D,22D,23D,24D,25D,26D,27D,28D,29D,31D. The highest BCUT2D eigenvalue weighted by Gasteiger charge is 2.19. The van der Waals surface area contributed by atoms with Crippen molar-refractivity contribution in [3.05, 3.63) is 204 Å². The Morgan fingerprint density at radius 2 is 0.962 bits per heavy atom. The fraction of sp³-hybridized carbons (Fsp3) is 0.0385. The molecule has 0 saturated carbocycles. The van der Waals surface area contributed by atoms with E-state index in [2.05, 4.69) is 0 Å². The molecule has 0 amide bonds. The van der Waals surface area contributed by atoms with E-state index in [0.29, 0.717) is 0 Å². The zero-order valence-corrected chi connectivity index (χ0v) is 26.8. The van der Waals surface area contributed by atoms with Crippen LogP contribution in [0, 0.1) is 0 Å². The van der Waals surface area contributed by atoms with E-state index in [1.807, 2.05) is 0 Å². The van der Waals surface area contributed by atoms with Gasteiger partial charge in [-0.2, -0.15) is 0 Å². The van der Waals surface area contributed by atoms with Crippen molar-refractivity contribution in [1.82, 2.24) is 0 Å². The molecule has 11 rings (SSSR count). The summed E-state index contributed by atoms with van der Waals surface area (Å²) < 4.78 is 276. The lowest BCUT2D eigenvalue weighted by Gasteiger charge is -2.18. The van der Waals surface area contributed by atoms with Crippen LogP contribution in [0.3, 0.4) is 0 Å². The van der Waals surface area contributed by atoms with Gasteiger partial charge < -0.3 is 4.42 Å². The molecule has 10 aromatic carbocycles. The summed E-state index contributed by atoms with van der Waals surface area (Å²) in [6, 6.07) is -24.6. The number of rotatable bonds is 5. The maximum absolute atomic E-state index is 9.62. The van der Waals surface area contributed by atoms with Crippen LogP contribution in [-0.4, -0.2) is 0 Å². The van der Waals surface area contributed by atoms with Crippen LogP contribution in [0.2, 0.25) is 0 Å². The van der Waals surface area contributed by atoms with Gasteiger partial charge in [0, 0.05) is 16.2 Å². The molecule has 248 valence electrons. The lowest BCUT2D eigenvalue weighted by Crippen LogP contribution is -1.96. The molecule has 1 heteroatoms. The Kier molecular flexibility index (Phi) is 2.87. The van der Waals surface area contributed by atoms with E-state index >= 15 is 0 Å². The maximum Gasteiger partial charge on any atom is 0.143 e. The second kappa shape index (κ2) is 11.9. The first-order valence-electron chi connectivity index (χ1n) is 31.1. The van der Waals surface area contributed by atoms with Crippen molar-refractivity contribution >= 4 is 75.8 Å². The van der Waals surface area contributed by atoms with Gasteiger partial charge in [-0.15, -0.1) is 0 Å². The van der Waals surface area contributed by atoms with E-state index in [9.17, 15) is 15.1 Å². The minimum Gasteiger partial charge on any atom is -0.455 e. The highest BCUT2D eigenvalue weighted by molar-refractivity contribution is 6.18. The molecule has 11 aromatic rings. The average molecular weight is 705 g/mol. The van der Waals surface area contributed by atoms with Gasteiger partial charge in [-0.25, -0.2) is 0 Å². The Labute approximate surface area is 349 Å². The van der Waals surface area contributed by atoms with Crippen LogP contribution in [-0.2, 0) is 12.8 Å². The van der Waals surface area contributed by atoms with Crippen molar-refractivity contribution in [2.24, 2.45) is 0 Å². The molecule has 0 aliphatic carbocycles. The molecule has 0 fully saturated rings. The van der Waals surface area contributed by atoms with Crippen molar-refractivity contribution in [2.75, 3.05) is 0 Å². The Bertz CT molecular complexity index is 4860. The third-order valence-electron chi connectivity index (χ3n) is 9.05. The van der Waals surface area contributed by atoms with Crippen molar-refractivity contribution in [1.29, 1.82) is 0 Å². The average Bonchev–Trinajstić information content (AvgIpc) is 2.11. The molecule has 0 aliphatic heterocycles. The monoisotopic (exact) mass is 704 g/mol. The summed E-state index contributed by atoms with van der Waals surface area (Å²) in [7, 11) is 0. The van der Waals surface area contributed by atoms with Crippen LogP contribution in [0.5, 0.6) is 0 Å². The lowest BCUT2D eigenvalue weighted by molar-refractivity contribution is 0.672. The van der Waals surface area contributed by atoms with Crippen molar-refractivity contribution < 1.29 is 45.5 Å². The van der Waals surface area contributed by atoms with E-state index in [0.717, 1.165) is 0 Å². The molecule has 53 heavy (non-hydrogen) atoms. The number of benzene rings is 10. The van der Waals surface area contributed by atoms with E-state index in [1.54, 1.807) is 0 Å². The van der Waals surface area contributed by atoms with Gasteiger partial charge in [-0.1, -0.05) is 169 Å². The SMILES string of the molecule is [2H]c1c([2H])c(-c2c3c([2H])c([2H])c([2H])c([2H])c3c(Cc3c([2H])c([2H])c([2H])c4oc5c6c([2H])c([2H])c([2H])c([2H])c6c([2H])c([2H])c5c34)c3c([2H])c([2H])c([2H])c([2H])c23)c([2H])c([2H])c1Cc1c([2H])c([2H])c2c([2H])c([2H])c3c([2H])c([2H])c([2H])c([2H])c3c2c1[2H]. The topological polar surface area (TPSA) is 13.1 Å². The van der Waals surface area contributed by atoms with Gasteiger partial charge in [0.05, 0.1) is 41.1 Å². The van der Waals surface area contributed by atoms with Crippen LogP contribution in [0.25, 0.3) is 86.9 Å². The zero-order chi connectivity index (χ0) is 61.0. The molecule has 0 unspecified atom stereocenters. The zero-order valence-electron chi connectivity index (χ0n) is 56.8. The summed E-state index contributed by atoms with van der Waals surface area (Å²) in [6.07, 6.45) is -1.73. The fourth-order valence-electron chi connectivity index (χ4n) is 6.73. The molecule has 0 N–H and O–H groups in total. The molecular formula is C52H34O. The fourth-order valence-corrected chi connectivity index (χ4v) is 6.73. The Morgan fingerprint density at radius 1 is 0.396 bits per heavy atom. The van der Waals surface area contributed by atoms with Crippen molar-refractivity contribution in [2.45, 2.75) is 12.8 Å². The van der Waals surface area contributed by atoms with Crippen LogP contribution >= 0.6 is 0 Å². The number of hydrogen-bond donors (Lipinski definition) is 0. The van der Waals surface area contributed by atoms with Gasteiger partial charge in [0.2, 0.25) is 0 Å². The molecule has 1 heterocycles. The predicted molar refractivity (Wildman–Crippen MR) is 225 cm³/mol. The van der Waals surface area contributed by atoms with Gasteiger partial charge in [0.15, 0.2) is 0 Å². The molecule has 1 nitrogen and oxygen atoms in total.